The minimum atomic E-state index is -4.27. The number of carbonyl (C=O) groups excluding carboxylic acids is 1. The Labute approximate surface area is 183 Å². The highest BCUT2D eigenvalue weighted by molar-refractivity contribution is 7.90. The molecule has 1 saturated heterocycles. The molecule has 1 aliphatic carbocycles. The van der Waals surface area contributed by atoms with E-state index in [-0.39, 0.29) is 28.4 Å². The molecule has 9 nitrogen and oxygen atoms in total. The van der Waals surface area contributed by atoms with Crippen molar-refractivity contribution in [2.45, 2.75) is 54.7 Å². The second-order valence-corrected chi connectivity index (χ2v) is 11.5. The quantitative estimate of drug-likeness (QED) is 0.582. The van der Waals surface area contributed by atoms with E-state index in [9.17, 15) is 26.9 Å². The van der Waals surface area contributed by atoms with E-state index >= 15 is 0 Å². The molecular weight excluding hydrogens is 440 g/mol. The number of carbonyl (C=O) groups is 1. The summed E-state index contributed by atoms with van der Waals surface area (Å²) < 4.78 is 55.5. The van der Waals surface area contributed by atoms with Crippen LogP contribution in [0.3, 0.4) is 0 Å². The Morgan fingerprint density at radius 3 is 2.45 bits per heavy atom. The van der Waals surface area contributed by atoms with Crippen LogP contribution in [0.15, 0.2) is 28.0 Å². The molecule has 2 N–H and O–H groups in total. The lowest BCUT2D eigenvalue weighted by Gasteiger charge is -2.23. The maximum absolute atomic E-state index is 13.1. The average Bonchev–Trinajstić information content (AvgIpc) is 3.55. The maximum Gasteiger partial charge on any atom is 0.264 e. The first kappa shape index (κ1) is 23.7. The molecule has 1 aromatic carbocycles. The summed E-state index contributed by atoms with van der Waals surface area (Å²) in [5.41, 5.74) is -0.931. The van der Waals surface area contributed by atoms with Gasteiger partial charge in [0.15, 0.2) is 0 Å². The van der Waals surface area contributed by atoms with Crippen molar-refractivity contribution in [1.29, 1.82) is 5.26 Å². The van der Waals surface area contributed by atoms with Crippen molar-refractivity contribution in [2.24, 2.45) is 5.92 Å². The number of rotatable bonds is 8. The fourth-order valence-corrected chi connectivity index (χ4v) is 6.72. The minimum Gasteiger partial charge on any atom is -0.316 e. The van der Waals surface area contributed by atoms with Crippen LogP contribution in [0, 0.1) is 17.2 Å². The molecule has 1 aromatic rings. The predicted octanol–water partition coefficient (Wildman–Crippen LogP) is 1.08. The third kappa shape index (κ3) is 4.62. The van der Waals surface area contributed by atoms with Crippen LogP contribution in [0.5, 0.6) is 0 Å². The molecule has 3 rings (SSSR count). The van der Waals surface area contributed by atoms with Gasteiger partial charge in [-0.3, -0.25) is 4.79 Å². The predicted molar refractivity (Wildman–Crippen MR) is 114 cm³/mol. The first-order chi connectivity index (χ1) is 14.6. The number of nitrogens with zero attached hydrogens (tertiary/aromatic N) is 2. The molecule has 0 spiro atoms. The molecule has 1 saturated carbocycles. The Morgan fingerprint density at radius 1 is 1.26 bits per heavy atom. The first-order valence-corrected chi connectivity index (χ1v) is 13.4. The zero-order chi connectivity index (χ0) is 22.9. The molecule has 2 fully saturated rings. The van der Waals surface area contributed by atoms with Crippen molar-refractivity contribution >= 4 is 26.0 Å². The fourth-order valence-electron chi connectivity index (χ4n) is 3.90. The smallest absolute Gasteiger partial charge is 0.264 e. The van der Waals surface area contributed by atoms with Gasteiger partial charge in [0.1, 0.15) is 0 Å². The Hall–Kier alpha value is -2.00. The van der Waals surface area contributed by atoms with Crippen molar-refractivity contribution in [3.63, 3.8) is 0 Å². The van der Waals surface area contributed by atoms with Gasteiger partial charge in [0, 0.05) is 19.6 Å². The van der Waals surface area contributed by atoms with Crippen LogP contribution in [0.1, 0.15) is 45.1 Å². The molecule has 11 heteroatoms. The Balaban J connectivity index is 2.02. The van der Waals surface area contributed by atoms with Crippen LogP contribution in [0.2, 0.25) is 0 Å². The fraction of sp³-hybridized carbons (Fsp3) is 0.600. The van der Waals surface area contributed by atoms with Gasteiger partial charge in [-0.05, 0) is 56.0 Å². The van der Waals surface area contributed by atoms with Crippen LogP contribution in [-0.4, -0.2) is 53.2 Å². The van der Waals surface area contributed by atoms with Gasteiger partial charge in [-0.15, -0.1) is 0 Å². The summed E-state index contributed by atoms with van der Waals surface area (Å²) >= 11 is 0. The lowest BCUT2D eigenvalue weighted by molar-refractivity contribution is -0.123. The number of hydrogen-bond acceptors (Lipinski definition) is 7. The van der Waals surface area contributed by atoms with Crippen LogP contribution in [-0.2, 0) is 30.3 Å². The van der Waals surface area contributed by atoms with Crippen molar-refractivity contribution in [3.8, 4) is 6.07 Å². The number of benzene rings is 1. The average molecular weight is 469 g/mol. The first-order valence-electron chi connectivity index (χ1n) is 10.4. The van der Waals surface area contributed by atoms with E-state index in [2.05, 4.69) is 16.1 Å². The number of hydrogen-bond donors (Lipinski definition) is 2. The lowest BCUT2D eigenvalue weighted by Crippen LogP contribution is -2.43. The minimum absolute atomic E-state index is 0.0607. The highest BCUT2D eigenvalue weighted by Gasteiger charge is 2.48. The van der Waals surface area contributed by atoms with Gasteiger partial charge in [-0.2, -0.15) is 9.57 Å². The molecule has 0 radical (unpaired) electrons. The summed E-state index contributed by atoms with van der Waals surface area (Å²) in [5.74, 6) is -1.06. The van der Waals surface area contributed by atoms with Crippen molar-refractivity contribution in [3.05, 3.63) is 23.8 Å². The molecule has 1 aliphatic heterocycles. The van der Waals surface area contributed by atoms with E-state index in [0.29, 0.717) is 25.8 Å². The molecule has 31 heavy (non-hydrogen) atoms. The number of amides is 1. The number of nitriles is 1. The molecule has 0 bridgehead atoms. The number of nitrogens with one attached hydrogen (secondary N) is 2. The maximum atomic E-state index is 13.1. The highest BCUT2D eigenvalue weighted by Crippen LogP contribution is 2.50. The Kier molecular flexibility index (Phi) is 6.76. The van der Waals surface area contributed by atoms with Crippen LogP contribution < -0.4 is 10.0 Å². The normalized spacial score (nSPS) is 20.8. The van der Waals surface area contributed by atoms with Crippen LogP contribution in [0.4, 0.5) is 0 Å². The molecule has 0 unspecified atom stereocenters. The third-order valence-corrected chi connectivity index (χ3v) is 9.42. The topological polar surface area (TPSA) is 136 Å². The number of piperidine rings is 1. The van der Waals surface area contributed by atoms with Gasteiger partial charge in [0.25, 0.3) is 10.0 Å². The van der Waals surface area contributed by atoms with Gasteiger partial charge < -0.3 is 5.32 Å². The molecule has 1 atom stereocenters. The van der Waals surface area contributed by atoms with E-state index in [1.807, 2.05) is 0 Å². The summed E-state index contributed by atoms with van der Waals surface area (Å²) in [4.78, 5) is 12.2. The van der Waals surface area contributed by atoms with Crippen molar-refractivity contribution in [1.82, 2.24) is 14.3 Å². The van der Waals surface area contributed by atoms with Gasteiger partial charge in [-0.1, -0.05) is 13.8 Å². The zero-order valence-electron chi connectivity index (χ0n) is 17.7. The van der Waals surface area contributed by atoms with E-state index in [4.69, 9.17) is 0 Å². The lowest BCUT2D eigenvalue weighted by atomic mass is 9.98. The molecule has 170 valence electrons. The van der Waals surface area contributed by atoms with E-state index in [1.54, 1.807) is 13.8 Å². The van der Waals surface area contributed by atoms with Gasteiger partial charge >= 0.3 is 0 Å². The standard InChI is InChI=1S/C20H28N4O5S2/c1-3-24(4-2)31(28,29)16-7-8-18(17(12-16)20(14-21)9-10-20)30(26,27)23-19(25)15-6-5-11-22-13-15/h7-8,12,15,22H,3-6,9-11,13H2,1-2H3,(H,23,25)/t15-/m1/s1. The molecule has 2 aliphatic rings. The molecule has 0 aromatic heterocycles. The zero-order valence-corrected chi connectivity index (χ0v) is 19.4. The molecule has 1 heterocycles. The van der Waals surface area contributed by atoms with Crippen molar-refractivity contribution < 1.29 is 21.6 Å². The monoisotopic (exact) mass is 468 g/mol. The summed E-state index contributed by atoms with van der Waals surface area (Å²) in [6, 6.07) is 5.84. The number of sulfonamides is 2. The van der Waals surface area contributed by atoms with Gasteiger partial charge in [0.2, 0.25) is 15.9 Å². The van der Waals surface area contributed by atoms with Gasteiger partial charge in [-0.25, -0.2) is 21.6 Å². The largest absolute Gasteiger partial charge is 0.316 e. The van der Waals surface area contributed by atoms with Crippen LogP contribution in [0.25, 0.3) is 0 Å². The Bertz CT molecular complexity index is 1090. The van der Waals surface area contributed by atoms with E-state index in [1.165, 1.54) is 22.5 Å². The second-order valence-electron chi connectivity index (χ2n) is 7.95. The van der Waals surface area contributed by atoms with Crippen LogP contribution >= 0.6 is 0 Å². The molecular formula is C20H28N4O5S2. The summed E-state index contributed by atoms with van der Waals surface area (Å²) in [6.07, 6.45) is 2.23. The van der Waals surface area contributed by atoms with Crippen molar-refractivity contribution in [2.75, 3.05) is 26.2 Å². The Morgan fingerprint density at radius 2 is 1.94 bits per heavy atom. The SMILES string of the molecule is CCN(CC)S(=O)(=O)c1ccc(S(=O)(=O)NC(=O)[C@@H]2CCCNC2)c(C2(C#N)CC2)c1. The summed E-state index contributed by atoms with van der Waals surface area (Å²) in [7, 11) is -8.11. The van der Waals surface area contributed by atoms with E-state index < -0.39 is 37.3 Å². The third-order valence-electron chi connectivity index (χ3n) is 5.97. The van der Waals surface area contributed by atoms with Gasteiger partial charge in [0.05, 0.1) is 27.2 Å². The summed E-state index contributed by atoms with van der Waals surface area (Å²) in [5, 5.41) is 12.8. The van der Waals surface area contributed by atoms with E-state index in [0.717, 1.165) is 13.0 Å². The summed E-state index contributed by atoms with van der Waals surface area (Å²) in [6.45, 7) is 5.15. The molecule has 1 amide bonds. The second kappa shape index (κ2) is 8.86. The highest BCUT2D eigenvalue weighted by atomic mass is 32.2.